The highest BCUT2D eigenvalue weighted by atomic mass is 16.4. The molecule has 1 heterocycles. The van der Waals surface area contributed by atoms with Crippen molar-refractivity contribution in [2.45, 2.75) is 25.8 Å². The van der Waals surface area contributed by atoms with E-state index in [2.05, 4.69) is 27.1 Å². The molecule has 0 unspecified atom stereocenters. The van der Waals surface area contributed by atoms with Crippen molar-refractivity contribution in [3.8, 4) is 0 Å². The lowest BCUT2D eigenvalue weighted by Gasteiger charge is -2.37. The van der Waals surface area contributed by atoms with Crippen LogP contribution in [0.25, 0.3) is 0 Å². The number of rotatable bonds is 3. The first-order valence-electron chi connectivity index (χ1n) is 7.26. The normalized spacial score (nSPS) is 21.2. The van der Waals surface area contributed by atoms with E-state index in [-0.39, 0.29) is 5.84 Å². The van der Waals surface area contributed by atoms with Crippen LogP contribution < -0.4 is 10.6 Å². The van der Waals surface area contributed by atoms with Crippen LogP contribution in [0.5, 0.6) is 0 Å². The van der Waals surface area contributed by atoms with Gasteiger partial charge in [-0.25, -0.2) is 0 Å². The number of nitrogens with zero attached hydrogens (tertiary/aromatic N) is 3. The number of aryl methyl sites for hydroxylation is 1. The van der Waals surface area contributed by atoms with Gasteiger partial charge >= 0.3 is 0 Å². The van der Waals surface area contributed by atoms with Crippen LogP contribution in [-0.4, -0.2) is 48.2 Å². The highest BCUT2D eigenvalue weighted by molar-refractivity contribution is 6.02. The number of hydrogen-bond acceptors (Lipinski definition) is 4. The number of benzene rings is 1. The summed E-state index contributed by atoms with van der Waals surface area (Å²) in [4.78, 5) is 4.92. The zero-order valence-corrected chi connectivity index (χ0v) is 11.9. The predicted molar refractivity (Wildman–Crippen MR) is 80.5 cm³/mol. The third kappa shape index (κ3) is 2.58. The summed E-state index contributed by atoms with van der Waals surface area (Å²) in [5, 5.41) is 12.1. The highest BCUT2D eigenvalue weighted by Gasteiger charge is 2.31. The standard InChI is InChI=1S/C15H22N4O/c1-11-2-5-14(13(10-11)15(16)17-20)19-8-6-18(7-9-19)12-3-4-12/h2,5,10,12,20H,3-4,6-9H2,1H3,(H2,16,17). The van der Waals surface area contributed by atoms with Crippen LogP contribution in [0, 0.1) is 6.92 Å². The minimum absolute atomic E-state index is 0.188. The van der Waals surface area contributed by atoms with Crippen molar-refractivity contribution in [2.75, 3.05) is 31.1 Å². The molecular formula is C15H22N4O. The Hall–Kier alpha value is -1.75. The molecule has 0 bridgehead atoms. The van der Waals surface area contributed by atoms with E-state index >= 15 is 0 Å². The summed E-state index contributed by atoms with van der Waals surface area (Å²) in [5.41, 5.74) is 8.83. The Morgan fingerprint density at radius 3 is 2.55 bits per heavy atom. The van der Waals surface area contributed by atoms with E-state index in [1.807, 2.05) is 13.0 Å². The number of piperazine rings is 1. The lowest BCUT2D eigenvalue weighted by molar-refractivity contribution is 0.248. The van der Waals surface area contributed by atoms with Crippen LogP contribution in [-0.2, 0) is 0 Å². The zero-order valence-electron chi connectivity index (χ0n) is 11.9. The number of nitrogens with two attached hydrogens (primary N) is 1. The first kappa shape index (κ1) is 13.2. The summed E-state index contributed by atoms with van der Waals surface area (Å²) in [6.07, 6.45) is 2.72. The molecule has 1 saturated heterocycles. The largest absolute Gasteiger partial charge is 0.409 e. The molecule has 5 heteroatoms. The molecule has 0 spiro atoms. The van der Waals surface area contributed by atoms with Gasteiger partial charge in [0.25, 0.3) is 0 Å². The maximum Gasteiger partial charge on any atom is 0.172 e. The quantitative estimate of drug-likeness (QED) is 0.378. The molecule has 0 amide bonds. The van der Waals surface area contributed by atoms with Crippen molar-refractivity contribution in [3.63, 3.8) is 0 Å². The minimum Gasteiger partial charge on any atom is -0.409 e. The molecule has 0 radical (unpaired) electrons. The Labute approximate surface area is 119 Å². The molecule has 1 aromatic rings. The van der Waals surface area contributed by atoms with Crippen LogP contribution in [0.1, 0.15) is 24.0 Å². The van der Waals surface area contributed by atoms with Gasteiger partial charge in [0, 0.05) is 43.5 Å². The van der Waals surface area contributed by atoms with Crippen molar-refractivity contribution >= 4 is 11.5 Å². The summed E-state index contributed by atoms with van der Waals surface area (Å²) in [6.45, 7) is 6.24. The second kappa shape index (κ2) is 5.32. The second-order valence-corrected chi connectivity index (χ2v) is 5.76. The van der Waals surface area contributed by atoms with Gasteiger partial charge in [0.15, 0.2) is 5.84 Å². The molecule has 0 atom stereocenters. The van der Waals surface area contributed by atoms with Gasteiger partial charge in [-0.15, -0.1) is 0 Å². The summed E-state index contributed by atoms with van der Waals surface area (Å²) in [5.74, 6) is 0.188. The Kier molecular flexibility index (Phi) is 3.53. The molecular weight excluding hydrogens is 252 g/mol. The average molecular weight is 274 g/mol. The molecule has 20 heavy (non-hydrogen) atoms. The van der Waals surface area contributed by atoms with E-state index < -0.39 is 0 Å². The Bertz CT molecular complexity index is 517. The molecule has 5 nitrogen and oxygen atoms in total. The molecule has 3 N–H and O–H groups in total. The lowest BCUT2D eigenvalue weighted by atomic mass is 10.1. The van der Waals surface area contributed by atoms with Gasteiger partial charge in [0.2, 0.25) is 0 Å². The summed E-state index contributed by atoms with van der Waals surface area (Å²) in [6, 6.07) is 6.97. The fourth-order valence-electron chi connectivity index (χ4n) is 2.95. The SMILES string of the molecule is Cc1ccc(N2CCN(C3CC3)CC2)c(/C(N)=N/O)c1. The van der Waals surface area contributed by atoms with Crippen molar-refractivity contribution in [1.82, 2.24) is 4.90 Å². The fourth-order valence-corrected chi connectivity index (χ4v) is 2.95. The molecule has 1 saturated carbocycles. The summed E-state index contributed by atoms with van der Waals surface area (Å²) >= 11 is 0. The van der Waals surface area contributed by atoms with E-state index in [1.165, 1.54) is 12.8 Å². The van der Waals surface area contributed by atoms with E-state index in [9.17, 15) is 0 Å². The third-order valence-electron chi connectivity index (χ3n) is 4.25. The maximum atomic E-state index is 8.96. The fraction of sp³-hybridized carbons (Fsp3) is 0.533. The maximum absolute atomic E-state index is 8.96. The highest BCUT2D eigenvalue weighted by Crippen LogP contribution is 2.29. The molecule has 1 aliphatic heterocycles. The van der Waals surface area contributed by atoms with Crippen LogP contribution in [0.3, 0.4) is 0 Å². The monoisotopic (exact) mass is 274 g/mol. The smallest absolute Gasteiger partial charge is 0.172 e. The van der Waals surface area contributed by atoms with Crippen LogP contribution in [0.15, 0.2) is 23.4 Å². The molecule has 2 aliphatic rings. The summed E-state index contributed by atoms with van der Waals surface area (Å²) < 4.78 is 0. The lowest BCUT2D eigenvalue weighted by Crippen LogP contribution is -2.47. The number of oxime groups is 1. The molecule has 3 rings (SSSR count). The minimum atomic E-state index is 0.188. The molecule has 108 valence electrons. The van der Waals surface area contributed by atoms with Gasteiger partial charge in [-0.2, -0.15) is 0 Å². The topological polar surface area (TPSA) is 65.1 Å². The van der Waals surface area contributed by atoms with Crippen molar-refractivity contribution < 1.29 is 5.21 Å². The van der Waals surface area contributed by atoms with Gasteiger partial charge in [0.05, 0.1) is 0 Å². The number of amidine groups is 1. The van der Waals surface area contributed by atoms with E-state index in [0.29, 0.717) is 0 Å². The second-order valence-electron chi connectivity index (χ2n) is 5.76. The van der Waals surface area contributed by atoms with Crippen LogP contribution in [0.2, 0.25) is 0 Å². The van der Waals surface area contributed by atoms with E-state index in [4.69, 9.17) is 10.9 Å². The average Bonchev–Trinajstić information content (AvgIpc) is 3.31. The molecule has 2 fully saturated rings. The van der Waals surface area contributed by atoms with Crippen molar-refractivity contribution in [1.29, 1.82) is 0 Å². The van der Waals surface area contributed by atoms with Crippen molar-refractivity contribution in [2.24, 2.45) is 10.9 Å². The Morgan fingerprint density at radius 2 is 1.95 bits per heavy atom. The zero-order chi connectivity index (χ0) is 14.1. The van der Waals surface area contributed by atoms with Crippen LogP contribution in [0.4, 0.5) is 5.69 Å². The first-order valence-corrected chi connectivity index (χ1v) is 7.26. The van der Waals surface area contributed by atoms with Crippen molar-refractivity contribution in [3.05, 3.63) is 29.3 Å². The van der Waals surface area contributed by atoms with Crippen LogP contribution >= 0.6 is 0 Å². The predicted octanol–water partition coefficient (Wildman–Crippen LogP) is 1.37. The van der Waals surface area contributed by atoms with E-state index in [1.54, 1.807) is 0 Å². The third-order valence-corrected chi connectivity index (χ3v) is 4.25. The molecule has 1 aliphatic carbocycles. The summed E-state index contributed by atoms with van der Waals surface area (Å²) in [7, 11) is 0. The van der Waals surface area contributed by atoms with Gasteiger partial charge in [-0.3, -0.25) is 4.90 Å². The Balaban J connectivity index is 1.79. The molecule has 1 aromatic carbocycles. The van der Waals surface area contributed by atoms with Gasteiger partial charge in [-0.05, 0) is 31.9 Å². The van der Waals surface area contributed by atoms with Gasteiger partial charge < -0.3 is 15.8 Å². The molecule has 0 aromatic heterocycles. The van der Waals surface area contributed by atoms with Gasteiger partial charge in [-0.1, -0.05) is 16.8 Å². The Morgan fingerprint density at radius 1 is 1.25 bits per heavy atom. The van der Waals surface area contributed by atoms with E-state index in [0.717, 1.165) is 49.0 Å². The first-order chi connectivity index (χ1) is 9.69. The van der Waals surface area contributed by atoms with Gasteiger partial charge in [0.1, 0.15) is 0 Å². The number of anilines is 1. The number of hydrogen-bond donors (Lipinski definition) is 2.